The second-order valence-corrected chi connectivity index (χ2v) is 5.59. The lowest BCUT2D eigenvalue weighted by molar-refractivity contribution is 0.0437. The zero-order valence-electron chi connectivity index (χ0n) is 11.1. The maximum absolute atomic E-state index is 10.6. The molecule has 1 saturated carbocycles. The van der Waals surface area contributed by atoms with Gasteiger partial charge in [0.2, 0.25) is 0 Å². The van der Waals surface area contributed by atoms with Crippen LogP contribution in [0.2, 0.25) is 0 Å². The Morgan fingerprint density at radius 3 is 2.35 bits per heavy atom. The molecule has 17 heavy (non-hydrogen) atoms. The van der Waals surface area contributed by atoms with Gasteiger partial charge in [0.25, 0.3) is 0 Å². The van der Waals surface area contributed by atoms with Crippen LogP contribution in [0.3, 0.4) is 0 Å². The fraction of sp³-hybridized carbons (Fsp3) is 0.625. The monoisotopic (exact) mass is 232 g/mol. The van der Waals surface area contributed by atoms with Gasteiger partial charge in [0.1, 0.15) is 0 Å². The maximum atomic E-state index is 10.6. The number of benzene rings is 1. The normalized spacial score (nSPS) is 28.5. The Balaban J connectivity index is 2.00. The molecule has 0 aliphatic heterocycles. The summed E-state index contributed by atoms with van der Waals surface area (Å²) >= 11 is 0. The Bertz CT molecular complexity index is 354. The van der Waals surface area contributed by atoms with E-state index in [1.807, 2.05) is 0 Å². The fourth-order valence-corrected chi connectivity index (χ4v) is 3.00. The van der Waals surface area contributed by atoms with Gasteiger partial charge in [0, 0.05) is 6.42 Å². The van der Waals surface area contributed by atoms with Gasteiger partial charge in [-0.2, -0.15) is 0 Å². The topological polar surface area (TPSA) is 20.2 Å². The highest BCUT2D eigenvalue weighted by atomic mass is 16.3. The number of aliphatic hydroxyl groups is 1. The summed E-state index contributed by atoms with van der Waals surface area (Å²) in [6.07, 6.45) is 6.27. The first-order valence-corrected chi connectivity index (χ1v) is 6.95. The molecule has 2 unspecified atom stereocenters. The van der Waals surface area contributed by atoms with Crippen molar-refractivity contribution in [2.45, 2.75) is 58.0 Å². The third-order valence-electron chi connectivity index (χ3n) is 4.23. The molecule has 1 aromatic carbocycles. The molecule has 0 aromatic heterocycles. The molecule has 2 atom stereocenters. The predicted molar refractivity (Wildman–Crippen MR) is 72.1 cm³/mol. The second kappa shape index (κ2) is 5.22. The average Bonchev–Trinajstić information content (AvgIpc) is 2.72. The number of aryl methyl sites for hydroxylation is 1. The Morgan fingerprint density at radius 1 is 1.18 bits per heavy atom. The summed E-state index contributed by atoms with van der Waals surface area (Å²) in [5.41, 5.74) is 2.22. The molecule has 1 nitrogen and oxygen atoms in total. The van der Waals surface area contributed by atoms with E-state index in [4.69, 9.17) is 0 Å². The van der Waals surface area contributed by atoms with Crippen molar-refractivity contribution in [3.63, 3.8) is 0 Å². The summed E-state index contributed by atoms with van der Waals surface area (Å²) in [5, 5.41) is 10.6. The summed E-state index contributed by atoms with van der Waals surface area (Å²) in [7, 11) is 0. The molecule has 1 aromatic rings. The van der Waals surface area contributed by atoms with Crippen LogP contribution in [-0.2, 0) is 12.8 Å². The van der Waals surface area contributed by atoms with Gasteiger partial charge in [0.15, 0.2) is 0 Å². The van der Waals surface area contributed by atoms with Crippen molar-refractivity contribution in [2.75, 3.05) is 0 Å². The molecule has 0 spiro atoms. The highest BCUT2D eigenvalue weighted by molar-refractivity contribution is 5.24. The van der Waals surface area contributed by atoms with Crippen molar-refractivity contribution in [1.29, 1.82) is 0 Å². The van der Waals surface area contributed by atoms with Gasteiger partial charge in [0.05, 0.1) is 5.60 Å². The third-order valence-corrected chi connectivity index (χ3v) is 4.23. The van der Waals surface area contributed by atoms with Crippen LogP contribution in [0.1, 0.15) is 50.7 Å². The minimum atomic E-state index is -0.436. The molecule has 1 N–H and O–H groups in total. The van der Waals surface area contributed by atoms with Gasteiger partial charge in [-0.3, -0.25) is 0 Å². The van der Waals surface area contributed by atoms with Gasteiger partial charge in [-0.1, -0.05) is 44.5 Å². The van der Waals surface area contributed by atoms with Gasteiger partial charge in [-0.25, -0.2) is 0 Å². The largest absolute Gasteiger partial charge is 0.390 e. The quantitative estimate of drug-likeness (QED) is 0.838. The molecule has 1 heteroatoms. The fourth-order valence-electron chi connectivity index (χ4n) is 3.00. The predicted octanol–water partition coefficient (Wildman–Crippen LogP) is 3.73. The van der Waals surface area contributed by atoms with E-state index in [0.717, 1.165) is 31.6 Å². The molecule has 0 heterocycles. The molecule has 0 radical (unpaired) electrons. The summed E-state index contributed by atoms with van der Waals surface area (Å²) in [5.74, 6) is 0.731. The highest BCUT2D eigenvalue weighted by Gasteiger charge is 2.36. The van der Waals surface area contributed by atoms with Crippen LogP contribution in [0.25, 0.3) is 0 Å². The van der Waals surface area contributed by atoms with Crippen molar-refractivity contribution >= 4 is 0 Å². The average molecular weight is 232 g/mol. The van der Waals surface area contributed by atoms with Gasteiger partial charge in [-0.15, -0.1) is 0 Å². The van der Waals surface area contributed by atoms with E-state index in [1.54, 1.807) is 0 Å². The van der Waals surface area contributed by atoms with Crippen LogP contribution in [0, 0.1) is 5.92 Å². The molecular formula is C16H24O. The van der Waals surface area contributed by atoms with E-state index in [-0.39, 0.29) is 0 Å². The first-order chi connectivity index (χ1) is 8.15. The van der Waals surface area contributed by atoms with Crippen molar-refractivity contribution < 1.29 is 5.11 Å². The van der Waals surface area contributed by atoms with Crippen LogP contribution in [0.15, 0.2) is 24.3 Å². The van der Waals surface area contributed by atoms with E-state index in [0.29, 0.717) is 0 Å². The summed E-state index contributed by atoms with van der Waals surface area (Å²) in [4.78, 5) is 0. The summed E-state index contributed by atoms with van der Waals surface area (Å²) in [6, 6.07) is 8.72. The third kappa shape index (κ3) is 3.10. The molecular weight excluding hydrogens is 208 g/mol. The first-order valence-electron chi connectivity index (χ1n) is 6.95. The number of hydrogen-bond acceptors (Lipinski definition) is 1. The van der Waals surface area contributed by atoms with Crippen molar-refractivity contribution in [1.82, 2.24) is 0 Å². The first kappa shape index (κ1) is 12.6. The minimum absolute atomic E-state index is 0.436. The van der Waals surface area contributed by atoms with Crippen LogP contribution < -0.4 is 0 Å². The van der Waals surface area contributed by atoms with E-state index < -0.39 is 5.60 Å². The van der Waals surface area contributed by atoms with Crippen molar-refractivity contribution in [2.24, 2.45) is 5.92 Å². The Morgan fingerprint density at radius 2 is 1.82 bits per heavy atom. The van der Waals surface area contributed by atoms with Gasteiger partial charge >= 0.3 is 0 Å². The summed E-state index contributed by atoms with van der Waals surface area (Å²) < 4.78 is 0. The minimum Gasteiger partial charge on any atom is -0.390 e. The second-order valence-electron chi connectivity index (χ2n) is 5.59. The molecule has 94 valence electrons. The van der Waals surface area contributed by atoms with E-state index in [2.05, 4.69) is 38.1 Å². The van der Waals surface area contributed by atoms with E-state index >= 15 is 0 Å². The van der Waals surface area contributed by atoms with Gasteiger partial charge < -0.3 is 5.11 Å². The van der Waals surface area contributed by atoms with E-state index in [1.165, 1.54) is 24.0 Å². The van der Waals surface area contributed by atoms with Gasteiger partial charge in [-0.05, 0) is 42.7 Å². The van der Waals surface area contributed by atoms with E-state index in [9.17, 15) is 5.11 Å². The zero-order chi connectivity index (χ0) is 12.3. The van der Waals surface area contributed by atoms with Crippen molar-refractivity contribution in [3.8, 4) is 0 Å². The molecule has 2 rings (SSSR count). The molecule has 1 aliphatic rings. The summed E-state index contributed by atoms with van der Waals surface area (Å²) in [6.45, 7) is 4.40. The molecule has 0 saturated heterocycles. The highest BCUT2D eigenvalue weighted by Crippen LogP contribution is 2.38. The Labute approximate surface area is 105 Å². The van der Waals surface area contributed by atoms with Crippen LogP contribution in [0.5, 0.6) is 0 Å². The van der Waals surface area contributed by atoms with Crippen molar-refractivity contribution in [3.05, 3.63) is 35.4 Å². The lowest BCUT2D eigenvalue weighted by Gasteiger charge is -2.23. The zero-order valence-corrected chi connectivity index (χ0v) is 11.1. The Kier molecular flexibility index (Phi) is 3.88. The molecule has 0 bridgehead atoms. The van der Waals surface area contributed by atoms with Crippen LogP contribution in [0.4, 0.5) is 0 Å². The lowest BCUT2D eigenvalue weighted by Crippen LogP contribution is -2.27. The lowest BCUT2D eigenvalue weighted by atomic mass is 9.91. The number of rotatable bonds is 4. The number of hydrogen-bond donors (Lipinski definition) is 1. The standard InChI is InChI=1S/C16H24O/c1-3-13-5-7-15(8-6-13)12-16(17)10-9-14(4-2)11-16/h5-8,14,17H,3-4,9-12H2,1-2H3. The maximum Gasteiger partial charge on any atom is 0.0690 e. The molecule has 1 aliphatic carbocycles. The van der Waals surface area contributed by atoms with Crippen LogP contribution >= 0.6 is 0 Å². The smallest absolute Gasteiger partial charge is 0.0690 e. The SMILES string of the molecule is CCc1ccc(CC2(O)CCC(CC)C2)cc1. The van der Waals surface area contributed by atoms with Crippen LogP contribution in [-0.4, -0.2) is 10.7 Å². The molecule has 1 fully saturated rings. The molecule has 0 amide bonds. The Hall–Kier alpha value is -0.820.